The number of hydrogen-bond acceptors (Lipinski definition) is 4. The molecule has 3 rings (SSSR count). The molecule has 2 N–H and O–H groups in total. The van der Waals surface area contributed by atoms with E-state index in [-0.39, 0.29) is 11.8 Å². The topological polar surface area (TPSA) is 59.2 Å². The van der Waals surface area contributed by atoms with Gasteiger partial charge in [-0.05, 0) is 25.1 Å². The highest BCUT2D eigenvalue weighted by molar-refractivity contribution is 9.10. The Morgan fingerprint density at radius 3 is 3.10 bits per heavy atom. The molecule has 1 aromatic heterocycles. The molecule has 0 spiro atoms. The molecule has 0 aliphatic carbocycles. The first-order chi connectivity index (χ1) is 10.1. The van der Waals surface area contributed by atoms with Gasteiger partial charge in [-0.1, -0.05) is 28.1 Å². The predicted molar refractivity (Wildman–Crippen MR) is 87.8 cm³/mol. The fourth-order valence-corrected chi connectivity index (χ4v) is 3.78. The quantitative estimate of drug-likeness (QED) is 0.905. The molecule has 1 atom stereocenters. The summed E-state index contributed by atoms with van der Waals surface area (Å²) in [4.78, 5) is 18.1. The molecule has 1 aliphatic rings. The molecule has 1 amide bonds. The van der Waals surface area contributed by atoms with E-state index in [1.165, 1.54) is 0 Å². The highest BCUT2D eigenvalue weighted by Crippen LogP contribution is 2.27. The van der Waals surface area contributed by atoms with Crippen LogP contribution in [0.4, 0.5) is 0 Å². The van der Waals surface area contributed by atoms with Gasteiger partial charge in [0.05, 0.1) is 11.6 Å². The molecular weight excluding hydrogens is 350 g/mol. The van der Waals surface area contributed by atoms with E-state index in [1.54, 1.807) is 11.3 Å². The summed E-state index contributed by atoms with van der Waals surface area (Å²) in [5.41, 5.74) is 7.54. The van der Waals surface area contributed by atoms with E-state index in [0.717, 1.165) is 46.8 Å². The number of benzene rings is 1. The minimum absolute atomic E-state index is 0.00631. The number of nitrogens with zero attached hydrogens (tertiary/aromatic N) is 2. The first kappa shape index (κ1) is 14.7. The minimum Gasteiger partial charge on any atom is -0.369 e. The van der Waals surface area contributed by atoms with Crippen LogP contribution in [-0.2, 0) is 11.3 Å². The van der Waals surface area contributed by atoms with E-state index in [1.807, 2.05) is 12.1 Å². The molecule has 0 bridgehead atoms. The second-order valence-corrected chi connectivity index (χ2v) is 7.05. The zero-order valence-electron chi connectivity index (χ0n) is 11.5. The van der Waals surface area contributed by atoms with Crippen molar-refractivity contribution in [2.75, 3.05) is 13.1 Å². The first-order valence-corrected chi connectivity index (χ1v) is 8.51. The number of nitrogens with two attached hydrogens (primary N) is 1. The number of hydrogen-bond donors (Lipinski definition) is 1. The summed E-state index contributed by atoms with van der Waals surface area (Å²) in [7, 11) is 0. The Balaban J connectivity index is 1.67. The smallest absolute Gasteiger partial charge is 0.221 e. The average Bonchev–Trinajstić information content (AvgIpc) is 3.08. The van der Waals surface area contributed by atoms with Crippen LogP contribution in [0.3, 0.4) is 0 Å². The second kappa shape index (κ2) is 6.25. The van der Waals surface area contributed by atoms with Crippen LogP contribution in [0.25, 0.3) is 10.6 Å². The van der Waals surface area contributed by atoms with Crippen molar-refractivity contribution in [3.63, 3.8) is 0 Å². The molecule has 4 nitrogen and oxygen atoms in total. The van der Waals surface area contributed by atoms with Gasteiger partial charge >= 0.3 is 0 Å². The van der Waals surface area contributed by atoms with Crippen molar-refractivity contribution in [2.24, 2.45) is 11.7 Å². The van der Waals surface area contributed by atoms with E-state index in [0.29, 0.717) is 0 Å². The maximum Gasteiger partial charge on any atom is 0.221 e. The van der Waals surface area contributed by atoms with Crippen molar-refractivity contribution in [3.05, 3.63) is 39.8 Å². The summed E-state index contributed by atoms with van der Waals surface area (Å²) in [6.45, 7) is 2.45. The molecule has 1 fully saturated rings. The SMILES string of the molecule is NC(=O)[C@H]1CCN(Cc2csc(-c3cccc(Br)c3)n2)C1. The molecule has 1 aromatic carbocycles. The molecule has 110 valence electrons. The van der Waals surface area contributed by atoms with E-state index in [9.17, 15) is 4.79 Å². The van der Waals surface area contributed by atoms with Crippen molar-refractivity contribution < 1.29 is 4.79 Å². The van der Waals surface area contributed by atoms with Crippen molar-refractivity contribution in [1.29, 1.82) is 0 Å². The Kier molecular flexibility index (Phi) is 4.37. The Morgan fingerprint density at radius 1 is 1.52 bits per heavy atom. The number of aromatic nitrogens is 1. The number of carbonyl (C=O) groups excluding carboxylic acids is 1. The van der Waals surface area contributed by atoms with Gasteiger partial charge in [0.2, 0.25) is 5.91 Å². The van der Waals surface area contributed by atoms with Crippen LogP contribution < -0.4 is 5.73 Å². The minimum atomic E-state index is -0.189. The average molecular weight is 366 g/mol. The van der Waals surface area contributed by atoms with Gasteiger partial charge in [0.1, 0.15) is 5.01 Å². The molecule has 21 heavy (non-hydrogen) atoms. The zero-order valence-corrected chi connectivity index (χ0v) is 13.9. The molecule has 0 radical (unpaired) electrons. The summed E-state index contributed by atoms with van der Waals surface area (Å²) in [5, 5.41) is 3.12. The summed E-state index contributed by atoms with van der Waals surface area (Å²) in [6.07, 6.45) is 0.859. The third kappa shape index (κ3) is 3.51. The van der Waals surface area contributed by atoms with Gasteiger partial charge in [0.25, 0.3) is 0 Å². The summed E-state index contributed by atoms with van der Waals surface area (Å²) in [6, 6.07) is 8.15. The van der Waals surface area contributed by atoms with Gasteiger partial charge < -0.3 is 5.73 Å². The second-order valence-electron chi connectivity index (χ2n) is 5.28. The number of likely N-dealkylation sites (tertiary alicyclic amines) is 1. The first-order valence-electron chi connectivity index (χ1n) is 6.84. The normalized spacial score (nSPS) is 19.0. The fourth-order valence-electron chi connectivity index (χ4n) is 2.57. The lowest BCUT2D eigenvalue weighted by atomic mass is 10.1. The lowest BCUT2D eigenvalue weighted by Crippen LogP contribution is -2.27. The van der Waals surface area contributed by atoms with E-state index < -0.39 is 0 Å². The van der Waals surface area contributed by atoms with Gasteiger partial charge in [-0.2, -0.15) is 0 Å². The van der Waals surface area contributed by atoms with Crippen LogP contribution in [0.15, 0.2) is 34.1 Å². The van der Waals surface area contributed by atoms with Crippen LogP contribution >= 0.6 is 27.3 Å². The maximum absolute atomic E-state index is 11.2. The lowest BCUT2D eigenvalue weighted by molar-refractivity contribution is -0.121. The number of amides is 1. The Hall–Kier alpha value is -1.24. The van der Waals surface area contributed by atoms with Gasteiger partial charge in [-0.3, -0.25) is 9.69 Å². The van der Waals surface area contributed by atoms with Crippen LogP contribution in [0.1, 0.15) is 12.1 Å². The highest BCUT2D eigenvalue weighted by atomic mass is 79.9. The maximum atomic E-state index is 11.2. The van der Waals surface area contributed by atoms with Gasteiger partial charge in [0.15, 0.2) is 0 Å². The number of thiazole rings is 1. The Bertz CT molecular complexity index is 658. The molecule has 1 saturated heterocycles. The monoisotopic (exact) mass is 365 g/mol. The third-order valence-electron chi connectivity index (χ3n) is 3.68. The highest BCUT2D eigenvalue weighted by Gasteiger charge is 2.26. The summed E-state index contributed by atoms with van der Waals surface area (Å²) < 4.78 is 1.06. The van der Waals surface area contributed by atoms with Crippen molar-refractivity contribution in [2.45, 2.75) is 13.0 Å². The van der Waals surface area contributed by atoms with E-state index in [2.05, 4.69) is 38.3 Å². The number of primary amides is 1. The molecule has 2 aromatic rings. The van der Waals surface area contributed by atoms with Crippen molar-refractivity contribution >= 4 is 33.2 Å². The number of rotatable bonds is 4. The Labute approximate surface area is 136 Å². The molecule has 2 heterocycles. The summed E-state index contributed by atoms with van der Waals surface area (Å²) >= 11 is 5.13. The van der Waals surface area contributed by atoms with Crippen LogP contribution in [0.5, 0.6) is 0 Å². The molecular formula is C15H16BrN3OS. The van der Waals surface area contributed by atoms with Gasteiger partial charge in [0, 0.05) is 28.5 Å². The third-order valence-corrected chi connectivity index (χ3v) is 5.12. The standard InChI is InChI=1S/C15H16BrN3OS/c16-12-3-1-2-10(6-12)15-18-13(9-21-15)8-19-5-4-11(7-19)14(17)20/h1-3,6,9,11H,4-5,7-8H2,(H2,17,20)/t11-/m0/s1. The summed E-state index contributed by atoms with van der Waals surface area (Å²) in [5.74, 6) is -0.196. The van der Waals surface area contributed by atoms with E-state index >= 15 is 0 Å². The molecule has 0 unspecified atom stereocenters. The lowest BCUT2D eigenvalue weighted by Gasteiger charge is -2.13. The molecule has 0 saturated carbocycles. The van der Waals surface area contributed by atoms with Crippen LogP contribution in [-0.4, -0.2) is 28.9 Å². The van der Waals surface area contributed by atoms with Crippen molar-refractivity contribution in [1.82, 2.24) is 9.88 Å². The van der Waals surface area contributed by atoms with Crippen LogP contribution in [0, 0.1) is 5.92 Å². The van der Waals surface area contributed by atoms with Gasteiger partial charge in [-0.15, -0.1) is 11.3 Å². The van der Waals surface area contributed by atoms with Gasteiger partial charge in [-0.25, -0.2) is 4.98 Å². The molecule has 6 heteroatoms. The number of halogens is 1. The molecule has 1 aliphatic heterocycles. The zero-order chi connectivity index (χ0) is 14.8. The van der Waals surface area contributed by atoms with E-state index in [4.69, 9.17) is 10.7 Å². The predicted octanol–water partition coefficient (Wildman–Crippen LogP) is 2.88. The fraction of sp³-hybridized carbons (Fsp3) is 0.333. The van der Waals surface area contributed by atoms with Crippen molar-refractivity contribution in [3.8, 4) is 10.6 Å². The largest absolute Gasteiger partial charge is 0.369 e. The number of carbonyl (C=O) groups is 1. The Morgan fingerprint density at radius 2 is 2.38 bits per heavy atom. The van der Waals surface area contributed by atoms with Crippen LogP contribution in [0.2, 0.25) is 0 Å².